The highest BCUT2D eigenvalue weighted by atomic mass is 32.2. The third-order valence-electron chi connectivity index (χ3n) is 3.97. The van der Waals surface area contributed by atoms with Gasteiger partial charge in [-0.3, -0.25) is 4.72 Å². The fraction of sp³-hybridized carbons (Fsp3) is 0.143. The normalized spacial score (nSPS) is 10.9. The van der Waals surface area contributed by atoms with Crippen LogP contribution in [0, 0.1) is 24.1 Å². The molecule has 0 saturated heterocycles. The molecule has 7 nitrogen and oxygen atoms in total. The van der Waals surface area contributed by atoms with E-state index < -0.39 is 15.8 Å². The Labute approximate surface area is 173 Å². The molecule has 0 radical (unpaired) electrons. The Bertz CT molecular complexity index is 1210. The molecule has 1 heterocycles. The van der Waals surface area contributed by atoms with Crippen LogP contribution in [0.15, 0.2) is 59.6 Å². The lowest BCUT2D eigenvalue weighted by molar-refractivity contribution is 0.321. The van der Waals surface area contributed by atoms with Crippen molar-refractivity contribution in [1.29, 1.82) is 5.26 Å². The molecule has 3 aromatic rings. The molecular formula is C21H18FN3O4S. The number of hydrogen-bond donors (Lipinski definition) is 1. The van der Waals surface area contributed by atoms with Crippen LogP contribution in [0.4, 0.5) is 10.2 Å². The first-order chi connectivity index (χ1) is 14.3. The van der Waals surface area contributed by atoms with Crippen molar-refractivity contribution in [2.24, 2.45) is 0 Å². The Balaban J connectivity index is 1.90. The van der Waals surface area contributed by atoms with Crippen molar-refractivity contribution in [3.05, 3.63) is 71.7 Å². The fourth-order valence-corrected chi connectivity index (χ4v) is 3.61. The van der Waals surface area contributed by atoms with E-state index in [-0.39, 0.29) is 22.0 Å². The van der Waals surface area contributed by atoms with Gasteiger partial charge in [0.05, 0.1) is 23.3 Å². The van der Waals surface area contributed by atoms with Crippen LogP contribution in [-0.2, 0) is 10.0 Å². The summed E-state index contributed by atoms with van der Waals surface area (Å²) in [5, 5.41) is 9.49. The van der Waals surface area contributed by atoms with Crippen LogP contribution in [0.3, 0.4) is 0 Å². The minimum atomic E-state index is -4.04. The SMILES string of the molecule is CCOc1cc(C)ccc1Oc1ccc(S(=O)(=O)Nc2ccc(F)cn2)cc1C#N. The zero-order valence-corrected chi connectivity index (χ0v) is 17.0. The Kier molecular flexibility index (Phi) is 6.18. The molecule has 0 bridgehead atoms. The van der Waals surface area contributed by atoms with Gasteiger partial charge in [0.2, 0.25) is 0 Å². The molecule has 2 aromatic carbocycles. The standard InChI is InChI=1S/C21H18FN3O4S/c1-3-28-20-10-14(2)4-7-19(20)29-18-8-6-17(11-15(18)12-23)30(26,27)25-21-9-5-16(22)13-24-21/h4-11,13H,3H2,1-2H3,(H,24,25). The quantitative estimate of drug-likeness (QED) is 0.600. The Morgan fingerprint density at radius 2 is 1.87 bits per heavy atom. The highest BCUT2D eigenvalue weighted by Gasteiger charge is 2.18. The van der Waals surface area contributed by atoms with Gasteiger partial charge in [-0.1, -0.05) is 6.07 Å². The van der Waals surface area contributed by atoms with Crippen molar-refractivity contribution >= 4 is 15.8 Å². The van der Waals surface area contributed by atoms with Gasteiger partial charge in [0.25, 0.3) is 10.0 Å². The predicted molar refractivity (Wildman–Crippen MR) is 109 cm³/mol. The number of aryl methyl sites for hydroxylation is 1. The third-order valence-corrected chi connectivity index (χ3v) is 5.32. The summed E-state index contributed by atoms with van der Waals surface area (Å²) in [7, 11) is -4.04. The van der Waals surface area contributed by atoms with Crippen LogP contribution in [0.25, 0.3) is 0 Å². The zero-order chi connectivity index (χ0) is 21.7. The van der Waals surface area contributed by atoms with Crippen molar-refractivity contribution in [2.45, 2.75) is 18.7 Å². The molecule has 0 amide bonds. The summed E-state index contributed by atoms with van der Waals surface area (Å²) in [6.45, 7) is 4.19. The molecule has 0 spiro atoms. The lowest BCUT2D eigenvalue weighted by Crippen LogP contribution is -2.14. The van der Waals surface area contributed by atoms with Crippen LogP contribution in [-0.4, -0.2) is 20.0 Å². The van der Waals surface area contributed by atoms with Gasteiger partial charge in [-0.25, -0.2) is 17.8 Å². The summed E-state index contributed by atoms with van der Waals surface area (Å²) >= 11 is 0. The summed E-state index contributed by atoms with van der Waals surface area (Å²) in [4.78, 5) is 3.51. The van der Waals surface area contributed by atoms with Crippen molar-refractivity contribution in [1.82, 2.24) is 4.98 Å². The summed E-state index contributed by atoms with van der Waals surface area (Å²) in [6.07, 6.45) is 0.896. The van der Waals surface area contributed by atoms with Gasteiger partial charge < -0.3 is 9.47 Å². The Hall–Kier alpha value is -3.64. The van der Waals surface area contributed by atoms with Crippen LogP contribution in [0.1, 0.15) is 18.1 Å². The highest BCUT2D eigenvalue weighted by Crippen LogP contribution is 2.34. The number of nitriles is 1. The zero-order valence-electron chi connectivity index (χ0n) is 16.2. The molecular weight excluding hydrogens is 409 g/mol. The van der Waals surface area contributed by atoms with E-state index in [0.717, 1.165) is 17.8 Å². The van der Waals surface area contributed by atoms with Gasteiger partial charge in [0.15, 0.2) is 11.5 Å². The summed E-state index contributed by atoms with van der Waals surface area (Å²) < 4.78 is 51.8. The predicted octanol–water partition coefficient (Wildman–Crippen LogP) is 4.39. The van der Waals surface area contributed by atoms with Crippen LogP contribution >= 0.6 is 0 Å². The molecule has 154 valence electrons. The van der Waals surface area contributed by atoms with Gasteiger partial charge in [-0.2, -0.15) is 5.26 Å². The van der Waals surface area contributed by atoms with Crippen LogP contribution in [0.5, 0.6) is 17.2 Å². The first-order valence-electron chi connectivity index (χ1n) is 8.92. The largest absolute Gasteiger partial charge is 0.490 e. The number of nitrogens with zero attached hydrogens (tertiary/aromatic N) is 2. The second kappa shape index (κ2) is 8.80. The number of aromatic nitrogens is 1. The maximum atomic E-state index is 13.0. The van der Waals surface area contributed by atoms with Gasteiger partial charge in [-0.15, -0.1) is 0 Å². The molecule has 0 aliphatic rings. The second-order valence-corrected chi connectivity index (χ2v) is 7.90. The molecule has 0 fully saturated rings. The average Bonchev–Trinajstić information content (AvgIpc) is 2.72. The van der Waals surface area contributed by atoms with Gasteiger partial charge >= 0.3 is 0 Å². The van der Waals surface area contributed by atoms with E-state index in [1.54, 1.807) is 6.07 Å². The fourth-order valence-electron chi connectivity index (χ4n) is 2.57. The molecule has 0 atom stereocenters. The number of nitrogens with one attached hydrogen (secondary N) is 1. The number of ether oxygens (including phenoxy) is 2. The molecule has 9 heteroatoms. The monoisotopic (exact) mass is 427 g/mol. The maximum absolute atomic E-state index is 13.0. The lowest BCUT2D eigenvalue weighted by atomic mass is 10.2. The molecule has 1 N–H and O–H groups in total. The van der Waals surface area contributed by atoms with Gasteiger partial charge in [-0.05, 0) is 61.9 Å². The molecule has 0 aliphatic carbocycles. The highest BCUT2D eigenvalue weighted by molar-refractivity contribution is 7.92. The van der Waals surface area contributed by atoms with E-state index in [2.05, 4.69) is 9.71 Å². The molecule has 0 unspecified atom stereocenters. The minimum absolute atomic E-state index is 0.0213. The topological polar surface area (TPSA) is 101 Å². The summed E-state index contributed by atoms with van der Waals surface area (Å²) in [6, 6.07) is 13.5. The van der Waals surface area contributed by atoms with Crippen molar-refractivity contribution in [3.8, 4) is 23.3 Å². The molecule has 30 heavy (non-hydrogen) atoms. The Morgan fingerprint density at radius 3 is 2.53 bits per heavy atom. The number of halogens is 1. The number of rotatable bonds is 7. The molecule has 3 rings (SSSR count). The van der Waals surface area contributed by atoms with E-state index in [1.165, 1.54) is 24.3 Å². The number of anilines is 1. The van der Waals surface area contributed by atoms with Gasteiger partial charge in [0, 0.05) is 0 Å². The minimum Gasteiger partial charge on any atom is -0.490 e. The van der Waals surface area contributed by atoms with Crippen molar-refractivity contribution < 1.29 is 22.3 Å². The second-order valence-electron chi connectivity index (χ2n) is 6.22. The first-order valence-corrected chi connectivity index (χ1v) is 10.4. The van der Waals surface area contributed by atoms with E-state index in [9.17, 15) is 18.1 Å². The number of sulfonamides is 1. The van der Waals surface area contributed by atoms with Gasteiger partial charge in [0.1, 0.15) is 23.5 Å². The first kappa shape index (κ1) is 21.1. The van der Waals surface area contributed by atoms with E-state index >= 15 is 0 Å². The number of benzene rings is 2. The van der Waals surface area contributed by atoms with Crippen LogP contribution in [0.2, 0.25) is 0 Å². The molecule has 0 aliphatic heterocycles. The van der Waals surface area contributed by atoms with E-state index in [1.807, 2.05) is 32.0 Å². The number of pyridine rings is 1. The molecule has 0 saturated carbocycles. The smallest absolute Gasteiger partial charge is 0.263 e. The lowest BCUT2D eigenvalue weighted by Gasteiger charge is -2.14. The van der Waals surface area contributed by atoms with Crippen LogP contribution < -0.4 is 14.2 Å². The van der Waals surface area contributed by atoms with E-state index in [4.69, 9.17) is 9.47 Å². The third kappa shape index (κ3) is 4.85. The Morgan fingerprint density at radius 1 is 1.10 bits per heavy atom. The summed E-state index contributed by atoms with van der Waals surface area (Å²) in [5.74, 6) is 0.469. The van der Waals surface area contributed by atoms with E-state index in [0.29, 0.717) is 18.1 Å². The van der Waals surface area contributed by atoms with Crippen molar-refractivity contribution in [2.75, 3.05) is 11.3 Å². The number of hydrogen-bond acceptors (Lipinski definition) is 6. The molecule has 1 aromatic heterocycles. The summed E-state index contributed by atoms with van der Waals surface area (Å²) in [5.41, 5.74) is 1.00. The maximum Gasteiger partial charge on any atom is 0.263 e. The van der Waals surface area contributed by atoms with Crippen molar-refractivity contribution in [3.63, 3.8) is 0 Å². The average molecular weight is 427 g/mol.